The van der Waals surface area contributed by atoms with E-state index in [0.717, 1.165) is 25.7 Å². The molecule has 0 aromatic carbocycles. The number of carboxylic acid groups (broad SMARTS) is 1. The van der Waals surface area contributed by atoms with E-state index >= 15 is 0 Å². The summed E-state index contributed by atoms with van der Waals surface area (Å²) < 4.78 is 23.6. The van der Waals surface area contributed by atoms with Crippen LogP contribution in [0, 0.1) is 0 Å². The van der Waals surface area contributed by atoms with Gasteiger partial charge in [0.25, 0.3) is 0 Å². The molecule has 0 spiro atoms. The van der Waals surface area contributed by atoms with Gasteiger partial charge in [-0.1, -0.05) is 132 Å². The van der Waals surface area contributed by atoms with Crippen molar-refractivity contribution in [3.63, 3.8) is 0 Å². The summed E-state index contributed by atoms with van der Waals surface area (Å²) in [6, 6.07) is -2.19. The van der Waals surface area contributed by atoms with Crippen LogP contribution in [0.2, 0.25) is 0 Å². The van der Waals surface area contributed by atoms with Gasteiger partial charge < -0.3 is 35.7 Å². The summed E-state index contributed by atoms with van der Waals surface area (Å²) in [7, 11) is 1.24. The number of amides is 1. The van der Waals surface area contributed by atoms with E-state index in [0.29, 0.717) is 17.4 Å². The predicted octanol–water partition coefficient (Wildman–Crippen LogP) is 8.56. The second-order valence-electron chi connectivity index (χ2n) is 15.9. The molecule has 0 aromatic rings. The number of carbonyl (C=O) groups excluding carboxylic acids is 1. The Morgan fingerprint density at radius 2 is 1.39 bits per heavy atom. The van der Waals surface area contributed by atoms with Crippen LogP contribution in [0.15, 0.2) is 72.9 Å². The van der Waals surface area contributed by atoms with Gasteiger partial charge in [-0.2, -0.15) is 0 Å². The monoisotopic (exact) mass is 871 g/mol. The molecule has 0 aliphatic heterocycles. The van der Waals surface area contributed by atoms with Gasteiger partial charge in [0.05, 0.1) is 52.0 Å². The number of hydrogen-bond acceptors (Lipinski definition) is 9. The second kappa shape index (κ2) is 36.3. The van der Waals surface area contributed by atoms with Crippen LogP contribution in [-0.4, -0.2) is 113 Å². The zero-order valence-electron chi connectivity index (χ0n) is 36.9. The molecule has 0 heterocycles. The SMILES string of the molecule is CCCCC/C=C\C\C=C/C=C/C=C/[C@@H](SC[C@H](N)C(=O)N[C@@H](COP(=O)(O)OCC[N+](C)(C)C)[C@H](O)/C=C/CC/C=C\CCCCCCCC)[C@@H](O)CCCC(=O)O. The number of nitrogens with zero attached hydrogens (tertiary/aromatic N) is 1. The average Bonchev–Trinajstić information content (AvgIpc) is 3.17. The molecule has 0 aromatic heterocycles. The lowest BCUT2D eigenvalue weighted by atomic mass is 10.1. The number of nitrogens with one attached hydrogen (secondary N) is 1. The van der Waals surface area contributed by atoms with Crippen LogP contribution in [-0.2, 0) is 23.2 Å². The number of rotatable bonds is 38. The number of nitrogens with two attached hydrogens (primary N) is 1. The Hall–Kier alpha value is -2.32. The average molecular weight is 871 g/mol. The van der Waals surface area contributed by atoms with Crippen LogP contribution in [0.5, 0.6) is 0 Å². The van der Waals surface area contributed by atoms with Crippen molar-refractivity contribution in [2.45, 2.75) is 153 Å². The van der Waals surface area contributed by atoms with Crippen LogP contribution >= 0.6 is 19.6 Å². The predicted molar refractivity (Wildman–Crippen MR) is 245 cm³/mol. The number of quaternary nitrogens is 1. The summed E-state index contributed by atoms with van der Waals surface area (Å²) in [5, 5.41) is 33.3. The van der Waals surface area contributed by atoms with Crippen LogP contribution in [0.4, 0.5) is 0 Å². The minimum Gasteiger partial charge on any atom is -0.481 e. The Labute approximate surface area is 361 Å². The Morgan fingerprint density at radius 1 is 0.780 bits per heavy atom. The van der Waals surface area contributed by atoms with Gasteiger partial charge in [-0.25, -0.2) is 4.57 Å². The van der Waals surface area contributed by atoms with Crippen LogP contribution < -0.4 is 11.1 Å². The summed E-state index contributed by atoms with van der Waals surface area (Å²) >= 11 is 1.25. The van der Waals surface area contributed by atoms with Crippen molar-refractivity contribution in [2.24, 2.45) is 5.73 Å². The third-order valence-electron chi connectivity index (χ3n) is 9.16. The maximum absolute atomic E-state index is 13.4. The van der Waals surface area contributed by atoms with E-state index in [4.69, 9.17) is 19.9 Å². The lowest BCUT2D eigenvalue weighted by molar-refractivity contribution is -0.870. The highest BCUT2D eigenvalue weighted by atomic mass is 32.2. The molecule has 0 bridgehead atoms. The molecule has 6 atom stereocenters. The first-order chi connectivity index (χ1) is 28.1. The Morgan fingerprint density at radius 3 is 2.08 bits per heavy atom. The number of aliphatic carboxylic acids is 1. The number of unbranched alkanes of at least 4 members (excludes halogenated alkanes) is 10. The molecule has 0 saturated heterocycles. The van der Waals surface area contributed by atoms with Gasteiger partial charge in [0.2, 0.25) is 5.91 Å². The molecule has 0 aliphatic rings. The zero-order chi connectivity index (χ0) is 44.2. The smallest absolute Gasteiger partial charge is 0.472 e. The van der Waals surface area contributed by atoms with E-state index in [-0.39, 0.29) is 31.6 Å². The number of likely N-dealkylation sites (N-methyl/N-ethyl adjacent to an activating group) is 1. The molecule has 0 saturated carbocycles. The molecule has 14 heteroatoms. The van der Waals surface area contributed by atoms with E-state index in [2.05, 4.69) is 43.5 Å². The Balaban J connectivity index is 5.54. The normalized spacial score (nSPS) is 16.5. The van der Waals surface area contributed by atoms with E-state index < -0.39 is 55.8 Å². The Kier molecular flexibility index (Phi) is 34.9. The highest BCUT2D eigenvalue weighted by Crippen LogP contribution is 2.43. The highest BCUT2D eigenvalue weighted by molar-refractivity contribution is 8.00. The molecule has 59 heavy (non-hydrogen) atoms. The quantitative estimate of drug-likeness (QED) is 0.0115. The minimum atomic E-state index is -4.50. The molecule has 0 fully saturated rings. The first-order valence-electron chi connectivity index (χ1n) is 21.8. The fourth-order valence-electron chi connectivity index (χ4n) is 5.47. The molecule has 12 nitrogen and oxygen atoms in total. The van der Waals surface area contributed by atoms with Crippen LogP contribution in [0.25, 0.3) is 0 Å². The minimum absolute atomic E-state index is 0.0354. The molecule has 0 radical (unpaired) electrons. The van der Waals surface area contributed by atoms with Crippen LogP contribution in [0.1, 0.15) is 123 Å². The van der Waals surface area contributed by atoms with Crippen molar-refractivity contribution < 1.29 is 47.9 Å². The fourth-order valence-corrected chi connectivity index (χ4v) is 7.35. The van der Waals surface area contributed by atoms with Crippen molar-refractivity contribution in [3.05, 3.63) is 72.9 Å². The number of aliphatic hydroxyl groups is 2. The highest BCUT2D eigenvalue weighted by Gasteiger charge is 2.29. The zero-order valence-corrected chi connectivity index (χ0v) is 38.6. The third-order valence-corrected chi connectivity index (χ3v) is 11.5. The van der Waals surface area contributed by atoms with Crippen molar-refractivity contribution in [1.82, 2.24) is 5.32 Å². The maximum atomic E-state index is 13.4. The summed E-state index contributed by atoms with van der Waals surface area (Å²) in [6.07, 6.45) is 37.1. The summed E-state index contributed by atoms with van der Waals surface area (Å²) in [5.74, 6) is -1.48. The summed E-state index contributed by atoms with van der Waals surface area (Å²) in [5.41, 5.74) is 6.31. The lowest BCUT2D eigenvalue weighted by Crippen LogP contribution is -2.52. The van der Waals surface area contributed by atoms with Crippen molar-refractivity contribution >= 4 is 31.5 Å². The van der Waals surface area contributed by atoms with E-state index in [9.17, 15) is 29.3 Å². The first kappa shape index (κ1) is 56.7. The van der Waals surface area contributed by atoms with Crippen molar-refractivity contribution in [1.29, 1.82) is 0 Å². The largest absolute Gasteiger partial charge is 0.481 e. The number of carboxylic acids is 1. The van der Waals surface area contributed by atoms with E-state index in [1.807, 2.05) is 45.4 Å². The number of phosphoric acid groups is 1. The molecule has 340 valence electrons. The topological polar surface area (TPSA) is 189 Å². The van der Waals surface area contributed by atoms with Gasteiger partial charge >= 0.3 is 13.8 Å². The van der Waals surface area contributed by atoms with Gasteiger partial charge in [0, 0.05) is 17.4 Å². The number of aliphatic hydroxyl groups excluding tert-OH is 2. The number of hydrogen-bond donors (Lipinski definition) is 6. The summed E-state index contributed by atoms with van der Waals surface area (Å²) in [6.45, 7) is 4.30. The van der Waals surface area contributed by atoms with E-state index in [1.165, 1.54) is 75.6 Å². The molecular formula is C45H81N3O9PS+. The second-order valence-corrected chi connectivity index (χ2v) is 18.6. The Bertz CT molecular complexity index is 1320. The molecule has 0 rings (SSSR count). The molecule has 7 N–H and O–H groups in total. The summed E-state index contributed by atoms with van der Waals surface area (Å²) in [4.78, 5) is 34.8. The molecule has 0 aliphatic carbocycles. The van der Waals surface area contributed by atoms with Gasteiger partial charge in [-0.05, 0) is 57.8 Å². The number of phosphoric ester groups is 1. The molecule has 1 unspecified atom stereocenters. The number of carbonyl (C=O) groups is 2. The fraction of sp³-hybridized carbons (Fsp3) is 0.689. The van der Waals surface area contributed by atoms with E-state index in [1.54, 1.807) is 18.2 Å². The van der Waals surface area contributed by atoms with Crippen molar-refractivity contribution in [3.8, 4) is 0 Å². The number of allylic oxidation sites excluding steroid dienone is 10. The first-order valence-corrected chi connectivity index (χ1v) is 24.3. The van der Waals surface area contributed by atoms with Gasteiger partial charge in [0.1, 0.15) is 13.2 Å². The van der Waals surface area contributed by atoms with Crippen LogP contribution in [0.3, 0.4) is 0 Å². The van der Waals surface area contributed by atoms with Crippen molar-refractivity contribution in [2.75, 3.05) is 46.7 Å². The number of thioether (sulfide) groups is 1. The molecular weight excluding hydrogens is 790 g/mol. The lowest BCUT2D eigenvalue weighted by Gasteiger charge is -2.26. The maximum Gasteiger partial charge on any atom is 0.472 e. The third kappa shape index (κ3) is 36.1. The van der Waals surface area contributed by atoms with Gasteiger partial charge in [-0.3, -0.25) is 18.6 Å². The molecule has 1 amide bonds. The van der Waals surface area contributed by atoms with Gasteiger partial charge in [0.15, 0.2) is 0 Å². The van der Waals surface area contributed by atoms with Gasteiger partial charge in [-0.15, -0.1) is 11.8 Å². The standard InChI is InChI=1S/C45H80N3O9PS/c1-6-8-10-12-14-16-18-20-22-24-26-28-31-41(49)40(37-57-58(54,55)56-36-35-48(3,4)5)47-45(53)39(46)38-59-43(42(50)32-30-34-44(51)52)33-29-27-25-23-21-19-17-15-13-11-9-7-2/h15,17,20-23,25,27-29,31,33,39-43,49-50H,6-14,16,18-19,24,26,30,32,34-38,46H2,1-5H3,(H2-,47,51,52,53,54,55)/p+1/b17-15-,22-20-,23-21-,27-25+,31-28+,33-29+/t39-,40-,41+,42-,43+/m0/s1.